The van der Waals surface area contributed by atoms with Crippen LogP contribution in [0.4, 0.5) is 0 Å². The van der Waals surface area contributed by atoms with Crippen molar-refractivity contribution in [2.75, 3.05) is 0 Å². The predicted molar refractivity (Wildman–Crippen MR) is 88.4 cm³/mol. The number of carbonyl (C=O) groups excluding carboxylic acids is 1. The number of benzene rings is 1. The fourth-order valence-electron chi connectivity index (χ4n) is 4.15. The van der Waals surface area contributed by atoms with E-state index in [1.54, 1.807) is 18.2 Å². The van der Waals surface area contributed by atoms with E-state index in [9.17, 15) is 4.79 Å². The molecule has 114 valence electrons. The first kappa shape index (κ1) is 15.6. The second-order valence-electron chi connectivity index (χ2n) is 6.84. The van der Waals surface area contributed by atoms with E-state index < -0.39 is 5.41 Å². The zero-order valence-corrected chi connectivity index (χ0v) is 15.3. The number of halogens is 3. The quantitative estimate of drug-likeness (QED) is 0.378. The molecule has 3 fully saturated rings. The maximum Gasteiger partial charge on any atom is 0.319 e. The number of esters is 1. The number of rotatable bonds is 2. The normalized spacial score (nSPS) is 36.2. The van der Waals surface area contributed by atoms with E-state index >= 15 is 0 Å². The highest BCUT2D eigenvalue weighted by Crippen LogP contribution is 2.80. The predicted octanol–water partition coefficient (Wildman–Crippen LogP) is 5.49. The summed E-state index contributed by atoms with van der Waals surface area (Å²) in [5.74, 6) is 0.171. The minimum atomic E-state index is -0.481. The van der Waals surface area contributed by atoms with Crippen LogP contribution < -0.4 is 4.74 Å². The Kier molecular flexibility index (Phi) is 3.44. The molecule has 2 bridgehead atoms. The largest absolute Gasteiger partial charge is 0.424 e. The van der Waals surface area contributed by atoms with Gasteiger partial charge in [-0.15, -0.1) is 0 Å². The molecule has 4 rings (SSSR count). The second-order valence-corrected chi connectivity index (χ2v) is 8.60. The maximum absolute atomic E-state index is 12.8. The van der Waals surface area contributed by atoms with Crippen molar-refractivity contribution in [2.24, 2.45) is 16.2 Å². The molecule has 0 saturated heterocycles. The van der Waals surface area contributed by atoms with Crippen LogP contribution in [-0.2, 0) is 4.79 Å². The Balaban J connectivity index is 1.90. The minimum absolute atomic E-state index is 0.0931. The van der Waals surface area contributed by atoms with Crippen molar-refractivity contribution in [3.8, 4) is 5.75 Å². The smallest absolute Gasteiger partial charge is 0.319 e. The van der Waals surface area contributed by atoms with Crippen molar-refractivity contribution in [3.05, 3.63) is 28.2 Å². The molecule has 1 aromatic rings. The van der Waals surface area contributed by atoms with Gasteiger partial charge in [0.25, 0.3) is 0 Å². The number of carbonyl (C=O) groups is 1. The summed E-state index contributed by atoms with van der Waals surface area (Å²) >= 11 is 15.7. The van der Waals surface area contributed by atoms with E-state index in [0.29, 0.717) is 15.8 Å². The molecule has 3 atom stereocenters. The molecule has 2 nitrogen and oxygen atoms in total. The van der Waals surface area contributed by atoms with Gasteiger partial charge in [-0.25, -0.2) is 0 Å². The molecule has 1 aromatic carbocycles. The van der Waals surface area contributed by atoms with Crippen LogP contribution in [0, 0.1) is 16.2 Å². The molecule has 0 aromatic heterocycles. The highest BCUT2D eigenvalue weighted by molar-refractivity contribution is 9.09. The van der Waals surface area contributed by atoms with Crippen molar-refractivity contribution in [3.63, 3.8) is 0 Å². The van der Waals surface area contributed by atoms with Crippen LogP contribution in [0.2, 0.25) is 10.0 Å². The van der Waals surface area contributed by atoms with Crippen LogP contribution in [0.5, 0.6) is 5.75 Å². The summed E-state index contributed by atoms with van der Waals surface area (Å²) in [5, 5.41) is 0.880. The summed E-state index contributed by atoms with van der Waals surface area (Å²) in [6.07, 6.45) is 1.87. The van der Waals surface area contributed by atoms with Crippen molar-refractivity contribution in [1.82, 2.24) is 0 Å². The van der Waals surface area contributed by atoms with Gasteiger partial charge in [0.2, 0.25) is 0 Å². The molecule has 0 aliphatic heterocycles. The Morgan fingerprint density at radius 2 is 1.95 bits per heavy atom. The monoisotopic (exact) mass is 390 g/mol. The molecular weight excluding hydrogens is 375 g/mol. The Labute approximate surface area is 143 Å². The molecule has 5 heteroatoms. The van der Waals surface area contributed by atoms with E-state index in [1.807, 2.05) is 0 Å². The first-order valence-corrected chi connectivity index (χ1v) is 8.65. The first-order valence-electron chi connectivity index (χ1n) is 6.98. The standard InChI is InChI=1S/C16H17BrCl2O2/c1-14(2)15(3)6-7-16(14,12(15)17)13(20)21-11-5-4-9(18)8-10(11)19/h4-5,8,12H,6-7H2,1-3H3. The lowest BCUT2D eigenvalue weighted by Gasteiger charge is -2.63. The summed E-state index contributed by atoms with van der Waals surface area (Å²) < 4.78 is 5.62. The zero-order chi connectivity index (χ0) is 15.6. The average molecular weight is 392 g/mol. The number of ether oxygens (including phenoxy) is 1. The molecule has 3 aliphatic carbocycles. The number of hydrogen-bond acceptors (Lipinski definition) is 2. The third-order valence-corrected chi connectivity index (χ3v) is 8.36. The summed E-state index contributed by atoms with van der Waals surface area (Å²) in [5.41, 5.74) is -0.440. The number of alkyl halides is 1. The Hall–Kier alpha value is -0.250. The van der Waals surface area contributed by atoms with Crippen LogP contribution in [0.1, 0.15) is 33.6 Å². The lowest BCUT2D eigenvalue weighted by Crippen LogP contribution is -2.68. The van der Waals surface area contributed by atoms with Gasteiger partial charge in [-0.05, 0) is 41.9 Å². The van der Waals surface area contributed by atoms with Gasteiger partial charge in [0, 0.05) is 9.85 Å². The van der Waals surface area contributed by atoms with Crippen LogP contribution >= 0.6 is 39.1 Å². The molecule has 0 amide bonds. The fourth-order valence-corrected chi connectivity index (χ4v) is 6.39. The van der Waals surface area contributed by atoms with Gasteiger partial charge in [0.1, 0.15) is 5.75 Å². The lowest BCUT2D eigenvalue weighted by molar-refractivity contribution is -0.176. The van der Waals surface area contributed by atoms with Gasteiger partial charge in [0.15, 0.2) is 0 Å². The van der Waals surface area contributed by atoms with E-state index in [2.05, 4.69) is 36.7 Å². The SMILES string of the molecule is CC12CCC(C(=O)Oc3ccc(Cl)cc3Cl)(C1Br)C2(C)C. The van der Waals surface area contributed by atoms with Crippen LogP contribution in [0.3, 0.4) is 0 Å². The number of hydrogen-bond donors (Lipinski definition) is 0. The van der Waals surface area contributed by atoms with Crippen molar-refractivity contribution >= 4 is 45.1 Å². The van der Waals surface area contributed by atoms with E-state index in [-0.39, 0.29) is 21.6 Å². The van der Waals surface area contributed by atoms with E-state index in [0.717, 1.165) is 12.8 Å². The first-order chi connectivity index (χ1) is 9.67. The van der Waals surface area contributed by atoms with Gasteiger partial charge >= 0.3 is 5.97 Å². The fraction of sp³-hybridized carbons (Fsp3) is 0.562. The molecular formula is C16H17BrCl2O2. The Bertz CT molecular complexity index is 631. The third kappa shape index (κ3) is 1.74. The van der Waals surface area contributed by atoms with Crippen LogP contribution in [-0.4, -0.2) is 10.8 Å². The molecule has 3 saturated carbocycles. The van der Waals surface area contributed by atoms with Gasteiger partial charge in [-0.1, -0.05) is 59.9 Å². The molecule has 3 unspecified atom stereocenters. The van der Waals surface area contributed by atoms with Crippen LogP contribution in [0.15, 0.2) is 18.2 Å². The summed E-state index contributed by atoms with van der Waals surface area (Å²) in [6.45, 7) is 6.55. The van der Waals surface area contributed by atoms with E-state index in [1.165, 1.54) is 0 Å². The molecule has 21 heavy (non-hydrogen) atoms. The van der Waals surface area contributed by atoms with Gasteiger partial charge in [0.05, 0.1) is 10.4 Å². The topological polar surface area (TPSA) is 26.3 Å². The highest BCUT2D eigenvalue weighted by atomic mass is 79.9. The van der Waals surface area contributed by atoms with Gasteiger partial charge in [-0.3, -0.25) is 4.79 Å². The molecule has 0 N–H and O–H groups in total. The molecule has 3 aliphatic rings. The number of fused-ring (bicyclic) bond motifs is 1. The van der Waals surface area contributed by atoms with E-state index in [4.69, 9.17) is 27.9 Å². The minimum Gasteiger partial charge on any atom is -0.424 e. The van der Waals surface area contributed by atoms with Crippen molar-refractivity contribution in [1.29, 1.82) is 0 Å². The lowest BCUT2D eigenvalue weighted by atomic mass is 9.43. The summed E-state index contributed by atoms with van der Waals surface area (Å²) in [7, 11) is 0. The van der Waals surface area contributed by atoms with Crippen molar-refractivity contribution < 1.29 is 9.53 Å². The van der Waals surface area contributed by atoms with Crippen LogP contribution in [0.25, 0.3) is 0 Å². The third-order valence-electron chi connectivity index (χ3n) is 6.03. The molecule has 0 heterocycles. The zero-order valence-electron chi connectivity index (χ0n) is 12.2. The highest BCUT2D eigenvalue weighted by Gasteiger charge is 2.80. The summed E-state index contributed by atoms with van der Waals surface area (Å²) in [4.78, 5) is 13.0. The molecule has 0 radical (unpaired) electrons. The maximum atomic E-state index is 12.8. The average Bonchev–Trinajstić information content (AvgIpc) is 2.81. The van der Waals surface area contributed by atoms with Gasteiger partial charge < -0.3 is 4.74 Å². The Morgan fingerprint density at radius 1 is 1.29 bits per heavy atom. The Morgan fingerprint density at radius 3 is 2.43 bits per heavy atom. The van der Waals surface area contributed by atoms with Gasteiger partial charge in [-0.2, -0.15) is 0 Å². The summed E-state index contributed by atoms with van der Waals surface area (Å²) in [6, 6.07) is 4.89. The second kappa shape index (κ2) is 4.62. The van der Waals surface area contributed by atoms with Crippen molar-refractivity contribution in [2.45, 2.75) is 38.4 Å². The molecule has 0 spiro atoms.